The van der Waals surface area contributed by atoms with Gasteiger partial charge in [0.15, 0.2) is 0 Å². The summed E-state index contributed by atoms with van der Waals surface area (Å²) in [6.45, 7) is 3.32. The first-order valence-corrected chi connectivity index (χ1v) is 13.9. The molecule has 0 saturated heterocycles. The Labute approximate surface area is 282 Å². The molecule has 0 amide bonds. The second-order valence-electron chi connectivity index (χ2n) is 10.5. The van der Waals surface area contributed by atoms with Crippen LogP contribution in [0.3, 0.4) is 0 Å². The molecule has 4 aromatic carbocycles. The Kier molecular flexibility index (Phi) is 9.00. The Balaban J connectivity index is 0.00000100. The summed E-state index contributed by atoms with van der Waals surface area (Å²) < 4.78 is 0. The van der Waals surface area contributed by atoms with E-state index in [2.05, 4.69) is 96.2 Å². The van der Waals surface area contributed by atoms with Crippen molar-refractivity contribution in [3.63, 3.8) is 0 Å². The highest BCUT2D eigenvalue weighted by atomic mass is 35.5. The highest BCUT2D eigenvalue weighted by molar-refractivity contribution is 6.12. The van der Waals surface area contributed by atoms with Crippen molar-refractivity contribution >= 4 is 105 Å². The van der Waals surface area contributed by atoms with E-state index in [0.717, 1.165) is 116 Å². The van der Waals surface area contributed by atoms with Gasteiger partial charge in [-0.15, -0.1) is 49.6 Å². The van der Waals surface area contributed by atoms with Gasteiger partial charge in [-0.2, -0.15) is 0 Å². The van der Waals surface area contributed by atoms with E-state index in [1.807, 2.05) is 12.1 Å². The van der Waals surface area contributed by atoms with Crippen molar-refractivity contribution in [3.8, 4) is 22.8 Å². The molecule has 9 rings (SSSR count). The van der Waals surface area contributed by atoms with Gasteiger partial charge in [-0.3, -0.25) is 9.98 Å². The van der Waals surface area contributed by atoms with E-state index in [4.69, 9.17) is 9.97 Å². The second kappa shape index (κ2) is 12.6. The van der Waals surface area contributed by atoms with E-state index in [0.29, 0.717) is 0 Å². The molecule has 45 heavy (non-hydrogen) atoms. The molecule has 0 aliphatic carbocycles. The fraction of sp³-hybridized carbons (Fsp3) is 0.125. The van der Waals surface area contributed by atoms with Crippen molar-refractivity contribution in [2.75, 3.05) is 26.2 Å². The minimum absolute atomic E-state index is 0. The number of hydrogen-bond acceptors (Lipinski definition) is 6. The smallest absolute Gasteiger partial charge is 0.138 e. The predicted octanol–water partition coefficient (Wildman–Crippen LogP) is 6.79. The van der Waals surface area contributed by atoms with Crippen molar-refractivity contribution in [1.82, 2.24) is 35.6 Å². The Hall–Kier alpha value is -4.28. The number of H-pyrrole nitrogens is 3. The maximum Gasteiger partial charge on any atom is 0.138 e. The summed E-state index contributed by atoms with van der Waals surface area (Å²) in [7, 11) is 0. The molecule has 13 heteroatoms. The van der Waals surface area contributed by atoms with Gasteiger partial charge in [-0.1, -0.05) is 12.1 Å². The molecular weight excluding hydrogens is 652 g/mol. The van der Waals surface area contributed by atoms with Crippen LogP contribution < -0.4 is 10.6 Å². The van der Waals surface area contributed by atoms with Gasteiger partial charge < -0.3 is 25.6 Å². The quantitative estimate of drug-likeness (QED) is 0.140. The molecule has 2 aliphatic heterocycles. The third kappa shape index (κ3) is 5.25. The average molecular weight is 681 g/mol. The summed E-state index contributed by atoms with van der Waals surface area (Å²) in [5.74, 6) is 3.51. The normalized spacial score (nSPS) is 13.8. The first-order valence-electron chi connectivity index (χ1n) is 13.9. The lowest BCUT2D eigenvalue weighted by atomic mass is 10.1. The van der Waals surface area contributed by atoms with Crippen molar-refractivity contribution in [2.45, 2.75) is 0 Å². The number of imidazole rings is 2. The fourth-order valence-corrected chi connectivity index (χ4v) is 6.07. The number of amidine groups is 2. The summed E-state index contributed by atoms with van der Waals surface area (Å²) in [6.07, 6.45) is 0. The number of aliphatic imine (C=N–C) groups is 2. The molecule has 0 bridgehead atoms. The number of benzene rings is 4. The monoisotopic (exact) mass is 679 g/mol. The SMILES string of the molecule is Cl.Cl.Cl.Cl.c1cc(C2=NCCN2)c2nc(-c3ccc4[nH]c5ccc(-c6nc7c(C8=NCCN8)cccc7[nH]6)cc5c4c3)[nH]c2c1. The molecule has 3 aromatic heterocycles. The van der Waals surface area contributed by atoms with Gasteiger partial charge in [0.2, 0.25) is 0 Å². The third-order valence-corrected chi connectivity index (χ3v) is 8.03. The highest BCUT2D eigenvalue weighted by Crippen LogP contribution is 2.33. The molecule has 0 atom stereocenters. The number of nitrogens with one attached hydrogen (secondary N) is 5. The summed E-state index contributed by atoms with van der Waals surface area (Å²) in [4.78, 5) is 29.9. The van der Waals surface area contributed by atoms with Crippen molar-refractivity contribution < 1.29 is 0 Å². The molecule has 0 spiro atoms. The van der Waals surface area contributed by atoms with E-state index >= 15 is 0 Å². The highest BCUT2D eigenvalue weighted by Gasteiger charge is 2.18. The topological polar surface area (TPSA) is 122 Å². The first-order chi connectivity index (χ1) is 20.3. The minimum atomic E-state index is 0. The van der Waals surface area contributed by atoms with Gasteiger partial charge in [0, 0.05) is 57.1 Å². The van der Waals surface area contributed by atoms with Gasteiger partial charge in [-0.05, 0) is 60.7 Å². The van der Waals surface area contributed by atoms with Crippen LogP contribution in [0.1, 0.15) is 11.1 Å². The Morgan fingerprint density at radius 1 is 0.489 bits per heavy atom. The molecular formula is C32H29Cl4N9. The molecule has 0 radical (unpaired) electrons. The van der Waals surface area contributed by atoms with E-state index in [9.17, 15) is 0 Å². The zero-order valence-electron chi connectivity index (χ0n) is 23.7. The van der Waals surface area contributed by atoms with E-state index < -0.39 is 0 Å². The van der Waals surface area contributed by atoms with Gasteiger partial charge in [0.25, 0.3) is 0 Å². The van der Waals surface area contributed by atoms with Crippen LogP contribution in [0.4, 0.5) is 0 Å². The molecule has 0 fully saturated rings. The summed E-state index contributed by atoms with van der Waals surface area (Å²) in [5.41, 5.74) is 10.2. The number of para-hydroxylation sites is 2. The van der Waals surface area contributed by atoms with Gasteiger partial charge in [0.05, 0.1) is 35.2 Å². The number of aromatic amines is 3. The summed E-state index contributed by atoms with van der Waals surface area (Å²) >= 11 is 0. The van der Waals surface area contributed by atoms with Gasteiger partial charge in [-0.25, -0.2) is 9.97 Å². The zero-order chi connectivity index (χ0) is 26.9. The van der Waals surface area contributed by atoms with Crippen LogP contribution in [0, 0.1) is 0 Å². The number of nitrogens with zero attached hydrogens (tertiary/aromatic N) is 4. The Morgan fingerprint density at radius 2 is 0.956 bits per heavy atom. The maximum absolute atomic E-state index is 5.01. The maximum atomic E-state index is 5.01. The van der Waals surface area contributed by atoms with Crippen molar-refractivity contribution in [2.24, 2.45) is 9.98 Å². The van der Waals surface area contributed by atoms with Crippen LogP contribution in [0.25, 0.3) is 66.6 Å². The van der Waals surface area contributed by atoms with Crippen LogP contribution >= 0.6 is 49.6 Å². The average Bonchev–Trinajstić information content (AvgIpc) is 3.83. The molecule has 0 saturated carbocycles. The van der Waals surface area contributed by atoms with Crippen LogP contribution in [0.5, 0.6) is 0 Å². The number of aromatic nitrogens is 5. The summed E-state index contributed by atoms with van der Waals surface area (Å²) in [5, 5.41) is 9.03. The van der Waals surface area contributed by atoms with Crippen LogP contribution in [-0.2, 0) is 0 Å². The zero-order valence-corrected chi connectivity index (χ0v) is 26.9. The van der Waals surface area contributed by atoms with Crippen molar-refractivity contribution in [1.29, 1.82) is 0 Å². The van der Waals surface area contributed by atoms with Crippen LogP contribution in [-0.4, -0.2) is 62.8 Å². The van der Waals surface area contributed by atoms with E-state index in [1.54, 1.807) is 0 Å². The van der Waals surface area contributed by atoms with E-state index in [1.165, 1.54) is 0 Å². The number of fused-ring (bicyclic) bond motifs is 5. The minimum Gasteiger partial charge on any atom is -0.368 e. The lowest BCUT2D eigenvalue weighted by Gasteiger charge is -2.02. The molecule has 7 aromatic rings. The standard InChI is InChI=1S/C32H25N9.4ClH/c1-3-19(31-33-11-12-34-31)27-25(5-1)38-29(40-27)17-7-9-23-21(15-17)22-16-18(8-10-24(22)37-23)30-39-26-6-2-4-20(28(26)41-30)32-35-13-14-36-32;;;;/h1-10,15-16,37H,11-14H2,(H,33,34)(H,35,36)(H,38,40)(H,39,41);4*1H. The van der Waals surface area contributed by atoms with E-state index in [-0.39, 0.29) is 49.6 Å². The molecule has 0 unspecified atom stereocenters. The third-order valence-electron chi connectivity index (χ3n) is 8.03. The largest absolute Gasteiger partial charge is 0.368 e. The first kappa shape index (κ1) is 32.1. The van der Waals surface area contributed by atoms with Crippen LogP contribution in [0.2, 0.25) is 0 Å². The molecule has 9 nitrogen and oxygen atoms in total. The van der Waals surface area contributed by atoms with Gasteiger partial charge >= 0.3 is 0 Å². The summed E-state index contributed by atoms with van der Waals surface area (Å²) in [6, 6.07) is 25.3. The molecule has 5 N–H and O–H groups in total. The van der Waals surface area contributed by atoms with Crippen LogP contribution in [0.15, 0.2) is 82.8 Å². The Bertz CT molecular complexity index is 2090. The molecule has 5 heterocycles. The number of hydrogen-bond donors (Lipinski definition) is 5. The number of rotatable bonds is 4. The molecule has 230 valence electrons. The second-order valence-corrected chi connectivity index (χ2v) is 10.5. The molecule has 2 aliphatic rings. The Morgan fingerprint density at radius 3 is 1.38 bits per heavy atom. The predicted molar refractivity (Wildman–Crippen MR) is 194 cm³/mol. The number of halogens is 4. The lowest BCUT2D eigenvalue weighted by Crippen LogP contribution is -2.19. The fourth-order valence-electron chi connectivity index (χ4n) is 6.07. The lowest BCUT2D eigenvalue weighted by molar-refractivity contribution is 0.960. The van der Waals surface area contributed by atoms with Gasteiger partial charge in [0.1, 0.15) is 23.3 Å². The van der Waals surface area contributed by atoms with Crippen molar-refractivity contribution in [3.05, 3.63) is 83.9 Å².